The molecule has 2 atom stereocenters. The molecule has 2 N–H and O–H groups in total. The molecule has 0 aliphatic carbocycles. The fourth-order valence-electron chi connectivity index (χ4n) is 4.08. The number of aryl methyl sites for hydroxylation is 2. The maximum Gasteiger partial charge on any atom is 0.276 e. The molecule has 0 saturated carbocycles. The lowest BCUT2D eigenvalue weighted by Crippen LogP contribution is -2.45. The van der Waals surface area contributed by atoms with Gasteiger partial charge in [0.1, 0.15) is 11.5 Å². The molecular weight excluding hydrogens is 633 g/mol. The number of hydrogen-bond acceptors (Lipinski definition) is 10. The number of nitrogens with zero attached hydrogens (tertiary/aromatic N) is 2. The molecule has 4 aromatic rings. The maximum atomic E-state index is 12.4. The van der Waals surface area contributed by atoms with E-state index < -0.39 is 32.6 Å². The van der Waals surface area contributed by atoms with Gasteiger partial charge in [-0.15, -0.1) is 0 Å². The summed E-state index contributed by atoms with van der Waals surface area (Å²) >= 11 is 0. The second kappa shape index (κ2) is 14.6. The first kappa shape index (κ1) is 32.6. The predicted molar refractivity (Wildman–Crippen MR) is 172 cm³/mol. The molecule has 4 aromatic carbocycles. The minimum atomic E-state index is -3.78. The van der Waals surface area contributed by atoms with Crippen LogP contribution in [-0.2, 0) is 29.5 Å². The van der Waals surface area contributed by atoms with Crippen molar-refractivity contribution in [2.75, 3.05) is 13.2 Å². The number of nitrogens with one attached hydrogen (secondary N) is 2. The number of sulfonamides is 2. The van der Waals surface area contributed by atoms with Gasteiger partial charge in [-0.2, -0.15) is 27.0 Å². The van der Waals surface area contributed by atoms with Crippen molar-refractivity contribution in [2.24, 2.45) is 10.2 Å². The lowest BCUT2D eigenvalue weighted by Gasteiger charge is -2.31. The standard InChI is InChI=1S/C32H32N4O8S2/c1-23-3-15-29(16-4-23)45(37,38)35-33-21-25-7-11-27(12-8-25)43-31-32(42-20-19-41-31)44-28-13-9-26(10-14-28)22-34-36-46(39,40)30-17-5-24(2)6-18-30/h3-18,21-22,31-32,35-36H,19-20H2,1-2H3. The third-order valence-corrected chi connectivity index (χ3v) is 9.05. The molecule has 14 heteroatoms. The minimum absolute atomic E-state index is 0.120. The first-order chi connectivity index (χ1) is 22.1. The molecule has 12 nitrogen and oxygen atoms in total. The Balaban J connectivity index is 1.13. The van der Waals surface area contributed by atoms with Crippen LogP contribution < -0.4 is 19.1 Å². The highest BCUT2D eigenvalue weighted by molar-refractivity contribution is 7.89. The Hall–Kier alpha value is -4.76. The Bertz CT molecular complexity index is 1740. The van der Waals surface area contributed by atoms with Gasteiger partial charge in [0.25, 0.3) is 32.6 Å². The third-order valence-electron chi connectivity index (χ3n) is 6.57. The number of hydrazone groups is 2. The van der Waals surface area contributed by atoms with Crippen molar-refractivity contribution in [3.8, 4) is 11.5 Å². The molecule has 1 aliphatic heterocycles. The topological polar surface area (TPSA) is 154 Å². The average molecular weight is 665 g/mol. The van der Waals surface area contributed by atoms with Crippen LogP contribution in [0.2, 0.25) is 0 Å². The van der Waals surface area contributed by atoms with Crippen LogP contribution in [0.4, 0.5) is 0 Å². The van der Waals surface area contributed by atoms with Crippen LogP contribution in [0.5, 0.6) is 11.5 Å². The molecule has 1 fully saturated rings. The van der Waals surface area contributed by atoms with Crippen molar-refractivity contribution in [3.05, 3.63) is 119 Å². The van der Waals surface area contributed by atoms with E-state index in [4.69, 9.17) is 18.9 Å². The van der Waals surface area contributed by atoms with Crippen LogP contribution >= 0.6 is 0 Å². The van der Waals surface area contributed by atoms with Gasteiger partial charge in [0, 0.05) is 0 Å². The van der Waals surface area contributed by atoms with Crippen molar-refractivity contribution in [1.82, 2.24) is 9.66 Å². The highest BCUT2D eigenvalue weighted by atomic mass is 32.2. The molecule has 0 bridgehead atoms. The molecular formula is C32H32N4O8S2. The van der Waals surface area contributed by atoms with Crippen molar-refractivity contribution >= 4 is 32.5 Å². The van der Waals surface area contributed by atoms with Gasteiger partial charge >= 0.3 is 0 Å². The summed E-state index contributed by atoms with van der Waals surface area (Å²) in [5.41, 5.74) is 3.18. The molecule has 1 saturated heterocycles. The molecule has 0 amide bonds. The van der Waals surface area contributed by atoms with Gasteiger partial charge in [-0.1, -0.05) is 35.4 Å². The fraction of sp³-hybridized carbons (Fsp3) is 0.188. The van der Waals surface area contributed by atoms with Gasteiger partial charge in [0.2, 0.25) is 0 Å². The quantitative estimate of drug-likeness (QED) is 0.170. The average Bonchev–Trinajstić information content (AvgIpc) is 3.04. The first-order valence-electron chi connectivity index (χ1n) is 14.1. The first-order valence-corrected chi connectivity index (χ1v) is 17.0. The second-order valence-corrected chi connectivity index (χ2v) is 13.5. The lowest BCUT2D eigenvalue weighted by atomic mass is 10.2. The van der Waals surface area contributed by atoms with E-state index in [2.05, 4.69) is 19.9 Å². The van der Waals surface area contributed by atoms with Crippen LogP contribution in [0.15, 0.2) is 117 Å². The van der Waals surface area contributed by atoms with Crippen LogP contribution in [0.25, 0.3) is 0 Å². The van der Waals surface area contributed by atoms with Crippen molar-refractivity contribution in [3.63, 3.8) is 0 Å². The Kier molecular flexibility index (Phi) is 10.3. The van der Waals surface area contributed by atoms with Crippen molar-refractivity contribution < 1.29 is 35.8 Å². The summed E-state index contributed by atoms with van der Waals surface area (Å²) < 4.78 is 73.0. The molecule has 46 heavy (non-hydrogen) atoms. The number of hydrogen-bond donors (Lipinski definition) is 2. The summed E-state index contributed by atoms with van der Waals surface area (Å²) in [7, 11) is -7.56. The van der Waals surface area contributed by atoms with Crippen LogP contribution in [0.3, 0.4) is 0 Å². The second-order valence-electron chi connectivity index (χ2n) is 10.2. The van der Waals surface area contributed by atoms with Gasteiger partial charge in [0.15, 0.2) is 0 Å². The molecule has 0 spiro atoms. The SMILES string of the molecule is Cc1ccc(S(=O)(=O)NN=Cc2ccc(OC3OCCOC3Oc3ccc(C=NNS(=O)(=O)c4ccc(C)cc4)cc3)cc2)cc1. The van der Waals surface area contributed by atoms with Crippen LogP contribution in [0.1, 0.15) is 22.3 Å². The Morgan fingerprint density at radius 2 is 0.935 bits per heavy atom. The van der Waals surface area contributed by atoms with Gasteiger partial charge in [-0.3, -0.25) is 0 Å². The molecule has 2 unspecified atom stereocenters. The molecule has 1 heterocycles. The molecule has 0 radical (unpaired) electrons. The third kappa shape index (κ3) is 8.91. The van der Waals surface area contributed by atoms with E-state index in [0.29, 0.717) is 35.8 Å². The van der Waals surface area contributed by atoms with E-state index >= 15 is 0 Å². The highest BCUT2D eigenvalue weighted by Gasteiger charge is 2.31. The van der Waals surface area contributed by atoms with Crippen LogP contribution in [0, 0.1) is 13.8 Å². The minimum Gasteiger partial charge on any atom is -0.458 e. The predicted octanol–water partition coefficient (Wildman–Crippen LogP) is 4.09. The van der Waals surface area contributed by atoms with Crippen molar-refractivity contribution in [2.45, 2.75) is 36.2 Å². The van der Waals surface area contributed by atoms with Gasteiger partial charge in [0.05, 0.1) is 35.4 Å². The number of ether oxygens (including phenoxy) is 4. The van der Waals surface area contributed by atoms with E-state index in [1.807, 2.05) is 13.8 Å². The monoisotopic (exact) mass is 664 g/mol. The molecule has 0 aromatic heterocycles. The Morgan fingerprint density at radius 3 is 1.28 bits per heavy atom. The smallest absolute Gasteiger partial charge is 0.276 e. The largest absolute Gasteiger partial charge is 0.458 e. The van der Waals surface area contributed by atoms with E-state index in [-0.39, 0.29) is 9.79 Å². The van der Waals surface area contributed by atoms with E-state index in [0.717, 1.165) is 11.1 Å². The van der Waals surface area contributed by atoms with Gasteiger partial charge in [-0.25, -0.2) is 9.66 Å². The molecule has 240 valence electrons. The summed E-state index contributed by atoms with van der Waals surface area (Å²) in [5, 5.41) is 7.72. The number of rotatable bonds is 12. The van der Waals surface area contributed by atoms with E-state index in [1.54, 1.807) is 72.8 Å². The van der Waals surface area contributed by atoms with Gasteiger partial charge < -0.3 is 18.9 Å². The summed E-state index contributed by atoms with van der Waals surface area (Å²) in [4.78, 5) is 4.64. The normalized spacial score (nSPS) is 17.2. The molecule has 1 aliphatic rings. The van der Waals surface area contributed by atoms with Crippen molar-refractivity contribution in [1.29, 1.82) is 0 Å². The maximum absolute atomic E-state index is 12.4. The summed E-state index contributed by atoms with van der Waals surface area (Å²) in [5.74, 6) is 0.947. The summed E-state index contributed by atoms with van der Waals surface area (Å²) in [6.07, 6.45) is 1.03. The number of benzene rings is 4. The lowest BCUT2D eigenvalue weighted by molar-refractivity contribution is -0.271. The van der Waals surface area contributed by atoms with E-state index in [9.17, 15) is 16.8 Å². The zero-order valence-corrected chi connectivity index (χ0v) is 26.6. The Labute approximate surface area is 267 Å². The van der Waals surface area contributed by atoms with Crippen LogP contribution in [-0.4, -0.2) is 55.1 Å². The zero-order valence-electron chi connectivity index (χ0n) is 24.9. The zero-order chi connectivity index (χ0) is 32.6. The summed E-state index contributed by atoms with van der Waals surface area (Å²) in [6, 6.07) is 26.5. The summed E-state index contributed by atoms with van der Waals surface area (Å²) in [6.45, 7) is 4.37. The fourth-order valence-corrected chi connectivity index (χ4v) is 5.66. The van der Waals surface area contributed by atoms with Gasteiger partial charge in [-0.05, 0) is 97.8 Å². The Morgan fingerprint density at radius 1 is 0.587 bits per heavy atom. The highest BCUT2D eigenvalue weighted by Crippen LogP contribution is 2.22. The molecule has 5 rings (SSSR count). The van der Waals surface area contributed by atoms with E-state index in [1.165, 1.54) is 36.7 Å².